The molecule has 1 fully saturated rings. The van der Waals surface area contributed by atoms with E-state index in [0.717, 1.165) is 11.8 Å². The van der Waals surface area contributed by atoms with Gasteiger partial charge in [0.1, 0.15) is 10.7 Å². The first-order valence-corrected chi connectivity index (χ1v) is 8.99. The van der Waals surface area contributed by atoms with Crippen LogP contribution < -0.4 is 4.90 Å². The van der Waals surface area contributed by atoms with Gasteiger partial charge in [-0.05, 0) is 30.0 Å². The minimum Gasteiger partial charge on any atom is -0.310 e. The maximum atomic E-state index is 11.9. The molecule has 0 saturated carbocycles. The fourth-order valence-corrected chi connectivity index (χ4v) is 3.71. The Morgan fingerprint density at radius 2 is 2.15 bits per heavy atom. The summed E-state index contributed by atoms with van der Waals surface area (Å²) in [6.07, 6.45) is -0.156. The standard InChI is InChI=1S/C11H8Cl2N2O3S2/c12-9-3-7(19-6-14)1-2-10(9)15-5-8(4-11(15)16)20(13,17)18/h1-3,8H,4-5H2. The molecular weight excluding hydrogens is 343 g/mol. The third-order valence-electron chi connectivity index (χ3n) is 2.86. The molecule has 1 heterocycles. The number of hydrogen-bond donors (Lipinski definition) is 0. The molecular formula is C11H8Cl2N2O3S2. The number of nitriles is 1. The number of rotatable bonds is 3. The zero-order valence-corrected chi connectivity index (χ0v) is 13.1. The Bertz CT molecular complexity index is 700. The number of benzene rings is 1. The van der Waals surface area contributed by atoms with Crippen molar-refractivity contribution in [3.63, 3.8) is 0 Å². The van der Waals surface area contributed by atoms with E-state index in [0.29, 0.717) is 10.6 Å². The van der Waals surface area contributed by atoms with Crippen LogP contribution >= 0.6 is 34.0 Å². The van der Waals surface area contributed by atoms with Crippen LogP contribution in [0.15, 0.2) is 23.1 Å². The molecule has 1 aliphatic rings. The predicted octanol–water partition coefficient (Wildman–Crippen LogP) is 2.59. The van der Waals surface area contributed by atoms with Crippen molar-refractivity contribution in [3.8, 4) is 5.40 Å². The molecule has 1 aromatic carbocycles. The van der Waals surface area contributed by atoms with Crippen LogP contribution in [0.25, 0.3) is 0 Å². The highest BCUT2D eigenvalue weighted by Crippen LogP contribution is 2.34. The second-order valence-corrected chi connectivity index (χ2v) is 8.29. The lowest BCUT2D eigenvalue weighted by Crippen LogP contribution is -2.26. The van der Waals surface area contributed by atoms with Crippen LogP contribution in [-0.4, -0.2) is 26.1 Å². The van der Waals surface area contributed by atoms with Crippen molar-refractivity contribution < 1.29 is 13.2 Å². The summed E-state index contributed by atoms with van der Waals surface area (Å²) in [4.78, 5) is 13.8. The molecule has 1 atom stereocenters. The van der Waals surface area contributed by atoms with E-state index in [1.807, 2.05) is 5.40 Å². The van der Waals surface area contributed by atoms with E-state index in [4.69, 9.17) is 27.5 Å². The summed E-state index contributed by atoms with van der Waals surface area (Å²) in [6.45, 7) is -0.0187. The first kappa shape index (κ1) is 15.4. The largest absolute Gasteiger partial charge is 0.310 e. The Morgan fingerprint density at radius 3 is 2.65 bits per heavy atom. The van der Waals surface area contributed by atoms with Gasteiger partial charge in [0, 0.05) is 28.5 Å². The molecule has 0 N–H and O–H groups in total. The van der Waals surface area contributed by atoms with Crippen molar-refractivity contribution in [2.45, 2.75) is 16.6 Å². The van der Waals surface area contributed by atoms with Crippen LogP contribution in [0.5, 0.6) is 0 Å². The zero-order chi connectivity index (χ0) is 14.9. The Morgan fingerprint density at radius 1 is 1.45 bits per heavy atom. The number of halogens is 2. The summed E-state index contributed by atoms with van der Waals surface area (Å²) in [6, 6.07) is 4.79. The topological polar surface area (TPSA) is 78.2 Å². The molecule has 2 rings (SSSR count). The molecule has 1 aromatic rings. The summed E-state index contributed by atoms with van der Waals surface area (Å²) in [5.74, 6) is -0.346. The second kappa shape index (κ2) is 5.82. The molecule has 0 spiro atoms. The van der Waals surface area contributed by atoms with Gasteiger partial charge in [0.05, 0.1) is 10.7 Å². The highest BCUT2D eigenvalue weighted by Gasteiger charge is 2.38. The number of anilines is 1. The number of nitrogens with zero attached hydrogens (tertiary/aromatic N) is 2. The van der Waals surface area contributed by atoms with E-state index in [1.54, 1.807) is 18.2 Å². The molecule has 20 heavy (non-hydrogen) atoms. The monoisotopic (exact) mass is 350 g/mol. The van der Waals surface area contributed by atoms with Gasteiger partial charge in [-0.1, -0.05) is 11.6 Å². The van der Waals surface area contributed by atoms with Crippen molar-refractivity contribution in [3.05, 3.63) is 23.2 Å². The normalized spacial score (nSPS) is 19.1. The van der Waals surface area contributed by atoms with Crippen LogP contribution in [0, 0.1) is 10.7 Å². The molecule has 0 aromatic heterocycles. The van der Waals surface area contributed by atoms with Crippen LogP contribution in [0.1, 0.15) is 6.42 Å². The second-order valence-electron chi connectivity index (χ2n) is 4.11. The lowest BCUT2D eigenvalue weighted by molar-refractivity contribution is -0.117. The average Bonchev–Trinajstić information content (AvgIpc) is 2.72. The number of carbonyl (C=O) groups is 1. The van der Waals surface area contributed by atoms with Crippen molar-refractivity contribution >= 4 is 54.7 Å². The SMILES string of the molecule is N#CSc1ccc(N2CC(S(=O)(=O)Cl)CC2=O)c(Cl)c1. The van der Waals surface area contributed by atoms with E-state index < -0.39 is 14.3 Å². The summed E-state index contributed by atoms with van der Waals surface area (Å²) in [5, 5.41) is 9.85. The number of carbonyl (C=O) groups excluding carboxylic acids is 1. The van der Waals surface area contributed by atoms with E-state index in [2.05, 4.69) is 0 Å². The Balaban J connectivity index is 2.29. The van der Waals surface area contributed by atoms with Crippen LogP contribution in [-0.2, 0) is 13.8 Å². The quantitative estimate of drug-likeness (QED) is 0.475. The number of thioether (sulfide) groups is 1. The van der Waals surface area contributed by atoms with Gasteiger partial charge >= 0.3 is 0 Å². The minimum atomic E-state index is -3.79. The van der Waals surface area contributed by atoms with Gasteiger partial charge in [-0.25, -0.2) is 8.42 Å². The van der Waals surface area contributed by atoms with E-state index in [-0.39, 0.29) is 23.9 Å². The average molecular weight is 351 g/mol. The third-order valence-corrected chi connectivity index (χ3v) is 5.61. The molecule has 0 radical (unpaired) electrons. The number of amides is 1. The molecule has 1 unspecified atom stereocenters. The molecule has 0 aliphatic carbocycles. The van der Waals surface area contributed by atoms with E-state index in [9.17, 15) is 13.2 Å². The molecule has 1 amide bonds. The van der Waals surface area contributed by atoms with Crippen LogP contribution in [0.4, 0.5) is 5.69 Å². The highest BCUT2D eigenvalue weighted by atomic mass is 35.7. The Hall–Kier alpha value is -0.940. The first-order valence-electron chi connectivity index (χ1n) is 5.42. The predicted molar refractivity (Wildman–Crippen MR) is 78.5 cm³/mol. The summed E-state index contributed by atoms with van der Waals surface area (Å²) in [5.41, 5.74) is 0.418. The molecule has 5 nitrogen and oxygen atoms in total. The van der Waals surface area contributed by atoms with Crippen molar-refractivity contribution in [2.24, 2.45) is 0 Å². The lowest BCUT2D eigenvalue weighted by Gasteiger charge is -2.18. The van der Waals surface area contributed by atoms with Gasteiger partial charge in [-0.2, -0.15) is 5.26 Å². The van der Waals surface area contributed by atoms with Crippen molar-refractivity contribution in [2.75, 3.05) is 11.4 Å². The first-order chi connectivity index (χ1) is 9.32. The van der Waals surface area contributed by atoms with Gasteiger partial charge in [-0.15, -0.1) is 0 Å². The van der Waals surface area contributed by atoms with Crippen molar-refractivity contribution in [1.29, 1.82) is 5.26 Å². The lowest BCUT2D eigenvalue weighted by atomic mass is 10.3. The van der Waals surface area contributed by atoms with Gasteiger partial charge in [0.25, 0.3) is 0 Å². The van der Waals surface area contributed by atoms with Crippen LogP contribution in [0.3, 0.4) is 0 Å². The fourth-order valence-electron chi connectivity index (χ4n) is 1.92. The minimum absolute atomic E-state index is 0.0187. The molecule has 106 valence electrons. The molecule has 0 bridgehead atoms. The number of hydrogen-bond acceptors (Lipinski definition) is 5. The van der Waals surface area contributed by atoms with Gasteiger partial charge in [-0.3, -0.25) is 4.79 Å². The highest BCUT2D eigenvalue weighted by molar-refractivity contribution is 8.14. The van der Waals surface area contributed by atoms with Gasteiger partial charge in [0.15, 0.2) is 0 Å². The summed E-state index contributed by atoms with van der Waals surface area (Å²) >= 11 is 7.02. The van der Waals surface area contributed by atoms with E-state index in [1.165, 1.54) is 4.90 Å². The number of thiocyanates is 1. The van der Waals surface area contributed by atoms with Gasteiger partial charge in [0.2, 0.25) is 15.0 Å². The zero-order valence-electron chi connectivity index (χ0n) is 9.92. The Kier molecular flexibility index (Phi) is 4.49. The third kappa shape index (κ3) is 3.20. The molecule has 1 aliphatic heterocycles. The summed E-state index contributed by atoms with van der Waals surface area (Å²) in [7, 11) is 1.50. The van der Waals surface area contributed by atoms with Crippen molar-refractivity contribution in [1.82, 2.24) is 0 Å². The summed E-state index contributed by atoms with van der Waals surface area (Å²) < 4.78 is 22.6. The maximum Gasteiger partial charge on any atom is 0.237 e. The van der Waals surface area contributed by atoms with Gasteiger partial charge < -0.3 is 4.90 Å². The molecule has 1 saturated heterocycles. The van der Waals surface area contributed by atoms with Crippen LogP contribution in [0.2, 0.25) is 5.02 Å². The molecule has 9 heteroatoms. The Labute approximate surface area is 129 Å². The smallest absolute Gasteiger partial charge is 0.237 e. The fraction of sp³-hybridized carbons (Fsp3) is 0.273. The van der Waals surface area contributed by atoms with E-state index >= 15 is 0 Å². The maximum absolute atomic E-state index is 11.9.